The van der Waals surface area contributed by atoms with Gasteiger partial charge in [0, 0.05) is 24.2 Å². The Kier molecular flexibility index (Phi) is 6.87. The summed E-state index contributed by atoms with van der Waals surface area (Å²) >= 11 is 0. The lowest BCUT2D eigenvalue weighted by molar-refractivity contribution is -0.384. The summed E-state index contributed by atoms with van der Waals surface area (Å²) in [6.07, 6.45) is -0.314. The highest BCUT2D eigenvalue weighted by atomic mass is 16.6. The minimum Gasteiger partial charge on any atom is -0.493 e. The van der Waals surface area contributed by atoms with Crippen LogP contribution in [0, 0.1) is 10.1 Å². The first-order chi connectivity index (χ1) is 14.5. The Labute approximate surface area is 175 Å². The van der Waals surface area contributed by atoms with E-state index in [-0.39, 0.29) is 11.7 Å². The van der Waals surface area contributed by atoms with Gasteiger partial charge < -0.3 is 19.9 Å². The zero-order chi connectivity index (χ0) is 21.5. The van der Waals surface area contributed by atoms with Crippen LogP contribution < -0.4 is 14.8 Å². The monoisotopic (exact) mass is 408 g/mol. The van der Waals surface area contributed by atoms with Crippen molar-refractivity contribution < 1.29 is 19.5 Å². The number of nitro groups is 1. The smallest absolute Gasteiger partial charge is 0.269 e. The normalized spacial score (nSPS) is 12.6. The van der Waals surface area contributed by atoms with E-state index >= 15 is 0 Å². The SMILES string of the molecule is COc1ccc(C(CC(O)c2ccccc2)Nc2ccc([N+](=O)[O-])cc2)cc1OC. The molecule has 0 fully saturated rings. The van der Waals surface area contributed by atoms with Gasteiger partial charge in [0.1, 0.15) is 0 Å². The summed E-state index contributed by atoms with van der Waals surface area (Å²) in [4.78, 5) is 10.5. The first-order valence-electron chi connectivity index (χ1n) is 9.47. The number of nitrogens with one attached hydrogen (secondary N) is 1. The highest BCUT2D eigenvalue weighted by molar-refractivity contribution is 5.51. The topological polar surface area (TPSA) is 93.9 Å². The van der Waals surface area contributed by atoms with Crippen molar-refractivity contribution in [2.24, 2.45) is 0 Å². The number of rotatable bonds is 9. The molecule has 2 N–H and O–H groups in total. The zero-order valence-corrected chi connectivity index (χ0v) is 16.8. The van der Waals surface area contributed by atoms with Gasteiger partial charge in [0.15, 0.2) is 11.5 Å². The van der Waals surface area contributed by atoms with Gasteiger partial charge >= 0.3 is 0 Å². The maximum atomic E-state index is 10.9. The Morgan fingerprint density at radius 1 is 0.933 bits per heavy atom. The molecule has 3 rings (SSSR count). The molecule has 0 spiro atoms. The van der Waals surface area contributed by atoms with Gasteiger partial charge in [-0.05, 0) is 35.4 Å². The summed E-state index contributed by atoms with van der Waals surface area (Å²) in [5, 5.41) is 25.1. The standard InChI is InChI=1S/C23H24N2O5/c1-29-22-13-8-17(14-23(22)30-2)20(15-21(26)16-6-4-3-5-7-16)24-18-9-11-19(12-10-18)25(27)28/h3-14,20-21,24,26H,15H2,1-2H3. The van der Waals surface area contributed by atoms with Gasteiger partial charge in [0.2, 0.25) is 0 Å². The average Bonchev–Trinajstić information content (AvgIpc) is 2.79. The predicted molar refractivity (Wildman–Crippen MR) is 115 cm³/mol. The van der Waals surface area contributed by atoms with Gasteiger partial charge in [-0.15, -0.1) is 0 Å². The maximum Gasteiger partial charge on any atom is 0.269 e. The van der Waals surface area contributed by atoms with E-state index in [4.69, 9.17) is 9.47 Å². The van der Waals surface area contributed by atoms with Crippen molar-refractivity contribution in [3.05, 3.63) is 94.0 Å². The minimum atomic E-state index is -0.699. The largest absolute Gasteiger partial charge is 0.493 e. The number of ether oxygens (including phenoxy) is 2. The Morgan fingerprint density at radius 3 is 2.20 bits per heavy atom. The summed E-state index contributed by atoms with van der Waals surface area (Å²) in [7, 11) is 3.14. The second-order valence-electron chi connectivity index (χ2n) is 6.78. The van der Waals surface area contributed by atoms with Gasteiger partial charge in [-0.25, -0.2) is 0 Å². The molecule has 0 aliphatic rings. The highest BCUT2D eigenvalue weighted by Crippen LogP contribution is 2.35. The molecule has 7 nitrogen and oxygen atoms in total. The molecule has 7 heteroatoms. The second kappa shape index (κ2) is 9.76. The van der Waals surface area contributed by atoms with Crippen LogP contribution in [0.1, 0.15) is 29.7 Å². The third kappa shape index (κ3) is 5.07. The lowest BCUT2D eigenvalue weighted by Gasteiger charge is -2.24. The molecule has 0 heterocycles. The molecule has 0 aliphatic carbocycles. The first kappa shape index (κ1) is 21.1. The van der Waals surface area contributed by atoms with Gasteiger partial charge in [0.05, 0.1) is 31.3 Å². The molecule has 0 amide bonds. The van der Waals surface area contributed by atoms with Crippen LogP contribution in [0.4, 0.5) is 11.4 Å². The van der Waals surface area contributed by atoms with Crippen LogP contribution in [0.3, 0.4) is 0 Å². The van der Waals surface area contributed by atoms with Gasteiger partial charge in [-0.1, -0.05) is 36.4 Å². The Balaban J connectivity index is 1.90. The van der Waals surface area contributed by atoms with Crippen molar-refractivity contribution in [3.8, 4) is 11.5 Å². The van der Waals surface area contributed by atoms with Crippen LogP contribution in [0.25, 0.3) is 0 Å². The molecule has 2 unspecified atom stereocenters. The highest BCUT2D eigenvalue weighted by Gasteiger charge is 2.20. The quantitative estimate of drug-likeness (QED) is 0.387. The van der Waals surface area contributed by atoms with E-state index in [0.717, 1.165) is 11.1 Å². The van der Waals surface area contributed by atoms with E-state index in [0.29, 0.717) is 23.6 Å². The number of nitrogens with zero attached hydrogens (tertiary/aromatic N) is 1. The maximum absolute atomic E-state index is 10.9. The molecule has 0 saturated carbocycles. The summed E-state index contributed by atoms with van der Waals surface area (Å²) in [6, 6.07) is 20.9. The molecule has 0 radical (unpaired) electrons. The number of non-ortho nitro benzene ring substituents is 1. The molecular formula is C23H24N2O5. The predicted octanol–water partition coefficient (Wildman–Crippen LogP) is 4.89. The molecule has 2 atom stereocenters. The van der Waals surface area contributed by atoms with Crippen molar-refractivity contribution in [2.75, 3.05) is 19.5 Å². The minimum absolute atomic E-state index is 0.0209. The van der Waals surface area contributed by atoms with E-state index < -0.39 is 11.0 Å². The Morgan fingerprint density at radius 2 is 1.60 bits per heavy atom. The number of aliphatic hydroxyl groups excluding tert-OH is 1. The van der Waals surface area contributed by atoms with E-state index in [1.807, 2.05) is 48.5 Å². The molecule has 0 aliphatic heterocycles. The lowest BCUT2D eigenvalue weighted by atomic mass is 9.96. The van der Waals surface area contributed by atoms with Gasteiger partial charge in [-0.2, -0.15) is 0 Å². The summed E-state index contributed by atoms with van der Waals surface area (Å²) in [6.45, 7) is 0. The Bertz CT molecular complexity index is 977. The van der Waals surface area contributed by atoms with Crippen LogP contribution in [0.15, 0.2) is 72.8 Å². The van der Waals surface area contributed by atoms with Gasteiger partial charge in [-0.3, -0.25) is 10.1 Å². The van der Waals surface area contributed by atoms with E-state index in [1.165, 1.54) is 12.1 Å². The van der Waals surface area contributed by atoms with Crippen molar-refractivity contribution in [3.63, 3.8) is 0 Å². The van der Waals surface area contributed by atoms with Crippen LogP contribution in [-0.2, 0) is 0 Å². The van der Waals surface area contributed by atoms with Crippen LogP contribution in [0.2, 0.25) is 0 Å². The summed E-state index contributed by atoms with van der Waals surface area (Å²) < 4.78 is 10.7. The number of anilines is 1. The molecule has 156 valence electrons. The van der Waals surface area contributed by atoms with Crippen molar-refractivity contribution >= 4 is 11.4 Å². The van der Waals surface area contributed by atoms with Gasteiger partial charge in [0.25, 0.3) is 5.69 Å². The fourth-order valence-corrected chi connectivity index (χ4v) is 3.26. The molecule has 0 saturated heterocycles. The second-order valence-corrected chi connectivity index (χ2v) is 6.78. The molecular weight excluding hydrogens is 384 g/mol. The fourth-order valence-electron chi connectivity index (χ4n) is 3.26. The molecule has 0 bridgehead atoms. The van der Waals surface area contributed by atoms with Crippen molar-refractivity contribution in [1.82, 2.24) is 0 Å². The number of hydrogen-bond acceptors (Lipinski definition) is 6. The summed E-state index contributed by atoms with van der Waals surface area (Å²) in [5.41, 5.74) is 2.43. The third-order valence-electron chi connectivity index (χ3n) is 4.87. The van der Waals surface area contributed by atoms with Crippen molar-refractivity contribution in [2.45, 2.75) is 18.6 Å². The number of hydrogen-bond donors (Lipinski definition) is 2. The molecule has 3 aromatic carbocycles. The van der Waals surface area contributed by atoms with E-state index in [1.54, 1.807) is 26.4 Å². The Hall–Kier alpha value is -3.58. The average molecular weight is 408 g/mol. The lowest BCUT2D eigenvalue weighted by Crippen LogP contribution is -2.15. The number of aliphatic hydroxyl groups is 1. The molecule has 3 aromatic rings. The third-order valence-corrected chi connectivity index (χ3v) is 4.87. The number of nitro benzene ring substituents is 1. The molecule has 0 aromatic heterocycles. The fraction of sp³-hybridized carbons (Fsp3) is 0.217. The number of methoxy groups -OCH3 is 2. The van der Waals surface area contributed by atoms with Crippen LogP contribution >= 0.6 is 0 Å². The van der Waals surface area contributed by atoms with Crippen molar-refractivity contribution in [1.29, 1.82) is 0 Å². The number of benzene rings is 3. The van der Waals surface area contributed by atoms with Crippen LogP contribution in [-0.4, -0.2) is 24.2 Å². The van der Waals surface area contributed by atoms with Crippen LogP contribution in [0.5, 0.6) is 11.5 Å². The van der Waals surface area contributed by atoms with E-state index in [2.05, 4.69) is 5.32 Å². The first-order valence-corrected chi connectivity index (χ1v) is 9.47. The molecule has 30 heavy (non-hydrogen) atoms. The summed E-state index contributed by atoms with van der Waals surface area (Å²) in [5.74, 6) is 1.19. The zero-order valence-electron chi connectivity index (χ0n) is 16.8. The van der Waals surface area contributed by atoms with E-state index in [9.17, 15) is 15.2 Å².